The van der Waals surface area contributed by atoms with Crippen LogP contribution in [0.5, 0.6) is 5.75 Å². The second kappa shape index (κ2) is 9.28. The summed E-state index contributed by atoms with van der Waals surface area (Å²) in [6, 6.07) is 11.4. The number of nitrogens with one attached hydrogen (secondary N) is 1. The molecule has 1 heterocycles. The summed E-state index contributed by atoms with van der Waals surface area (Å²) in [6.07, 6.45) is -0.0907. The first-order valence-corrected chi connectivity index (χ1v) is 9.89. The number of ether oxygens (including phenoxy) is 2. The molecular weight excluding hydrogens is 464 g/mol. The topological polar surface area (TPSA) is 84.9 Å². The fourth-order valence-electron chi connectivity index (χ4n) is 2.98. The number of anilines is 1. The molecule has 1 N–H and O–H groups in total. The maximum atomic E-state index is 12.7. The zero-order valence-electron chi connectivity index (χ0n) is 15.5. The van der Waals surface area contributed by atoms with E-state index in [1.54, 1.807) is 42.5 Å². The minimum absolute atomic E-state index is 0.0907. The van der Waals surface area contributed by atoms with Crippen molar-refractivity contribution in [1.82, 2.24) is 5.32 Å². The van der Waals surface area contributed by atoms with Gasteiger partial charge in [-0.2, -0.15) is 0 Å². The number of methoxy groups -OCH3 is 1. The van der Waals surface area contributed by atoms with Gasteiger partial charge in [-0.25, -0.2) is 0 Å². The van der Waals surface area contributed by atoms with Crippen LogP contribution in [0.4, 0.5) is 5.69 Å². The Hall–Kier alpha value is -2.58. The van der Waals surface area contributed by atoms with E-state index in [1.807, 2.05) is 0 Å². The predicted molar refractivity (Wildman–Crippen MR) is 111 cm³/mol. The van der Waals surface area contributed by atoms with E-state index in [2.05, 4.69) is 21.2 Å². The molecule has 1 unspecified atom stereocenters. The SMILES string of the molecule is COC(=O)CC(NC(=O)CN1C(=O)COc2cc(Br)ccc21)c1ccccc1Cl. The summed E-state index contributed by atoms with van der Waals surface area (Å²) >= 11 is 9.59. The average molecular weight is 482 g/mol. The molecule has 7 nitrogen and oxygen atoms in total. The van der Waals surface area contributed by atoms with Gasteiger partial charge >= 0.3 is 5.97 Å². The Balaban J connectivity index is 1.79. The van der Waals surface area contributed by atoms with Gasteiger partial charge in [0.1, 0.15) is 12.3 Å². The van der Waals surface area contributed by atoms with Gasteiger partial charge in [0, 0.05) is 9.50 Å². The summed E-state index contributed by atoms with van der Waals surface area (Å²) < 4.78 is 11.0. The quantitative estimate of drug-likeness (QED) is 0.640. The van der Waals surface area contributed by atoms with Crippen LogP contribution in [0.1, 0.15) is 18.0 Å². The van der Waals surface area contributed by atoms with E-state index >= 15 is 0 Å². The molecule has 2 amide bonds. The number of halogens is 2. The molecule has 2 aromatic carbocycles. The number of esters is 1. The molecule has 1 aliphatic rings. The highest BCUT2D eigenvalue weighted by Crippen LogP contribution is 2.34. The van der Waals surface area contributed by atoms with Crippen molar-refractivity contribution in [3.8, 4) is 5.75 Å². The van der Waals surface area contributed by atoms with E-state index in [0.717, 1.165) is 4.47 Å². The van der Waals surface area contributed by atoms with Crippen molar-refractivity contribution in [2.24, 2.45) is 0 Å². The largest absolute Gasteiger partial charge is 0.482 e. The van der Waals surface area contributed by atoms with Crippen LogP contribution in [-0.2, 0) is 19.1 Å². The number of carbonyl (C=O) groups is 3. The molecule has 1 atom stereocenters. The third-order valence-electron chi connectivity index (χ3n) is 4.38. The molecule has 0 bridgehead atoms. The van der Waals surface area contributed by atoms with Crippen LogP contribution < -0.4 is 15.0 Å². The number of rotatable bonds is 6. The molecule has 0 radical (unpaired) electrons. The summed E-state index contributed by atoms with van der Waals surface area (Å²) in [5.74, 6) is -0.767. The summed E-state index contributed by atoms with van der Waals surface area (Å²) in [6.45, 7) is -0.383. The standard InChI is InChI=1S/C20H18BrClN2O5/c1-28-20(27)9-15(13-4-2-3-5-14(13)22)23-18(25)10-24-16-7-6-12(21)8-17(16)29-11-19(24)26/h2-8,15H,9-11H2,1H3,(H,23,25). The van der Waals surface area contributed by atoms with Gasteiger partial charge in [0.05, 0.1) is 25.3 Å². The van der Waals surface area contributed by atoms with E-state index in [-0.39, 0.29) is 25.5 Å². The molecule has 0 saturated carbocycles. The minimum atomic E-state index is -0.691. The van der Waals surface area contributed by atoms with Crippen molar-refractivity contribution in [2.45, 2.75) is 12.5 Å². The van der Waals surface area contributed by atoms with Crippen LogP contribution >= 0.6 is 27.5 Å². The molecule has 2 aromatic rings. The summed E-state index contributed by atoms with van der Waals surface area (Å²) in [7, 11) is 1.27. The fraction of sp³-hybridized carbons (Fsp3) is 0.250. The van der Waals surface area contributed by atoms with Crippen molar-refractivity contribution in [3.05, 3.63) is 57.5 Å². The zero-order valence-corrected chi connectivity index (χ0v) is 17.8. The lowest BCUT2D eigenvalue weighted by atomic mass is 10.0. The maximum Gasteiger partial charge on any atom is 0.307 e. The first-order valence-electron chi connectivity index (χ1n) is 8.72. The third-order valence-corrected chi connectivity index (χ3v) is 5.22. The number of nitrogens with zero attached hydrogens (tertiary/aromatic N) is 1. The second-order valence-corrected chi connectivity index (χ2v) is 7.63. The third kappa shape index (κ3) is 5.07. The summed E-state index contributed by atoms with van der Waals surface area (Å²) in [5.41, 5.74) is 1.09. The van der Waals surface area contributed by atoms with E-state index in [0.29, 0.717) is 22.0 Å². The number of carbonyl (C=O) groups excluding carboxylic acids is 3. The zero-order chi connectivity index (χ0) is 21.0. The van der Waals surface area contributed by atoms with Crippen LogP contribution in [-0.4, -0.2) is 38.0 Å². The lowest BCUT2D eigenvalue weighted by Crippen LogP contribution is -2.46. The van der Waals surface area contributed by atoms with Crippen molar-refractivity contribution in [2.75, 3.05) is 25.2 Å². The summed E-state index contributed by atoms with van der Waals surface area (Å²) in [4.78, 5) is 38.2. The molecule has 0 aliphatic carbocycles. The number of benzene rings is 2. The Morgan fingerprint density at radius 1 is 1.31 bits per heavy atom. The number of fused-ring (bicyclic) bond motifs is 1. The van der Waals surface area contributed by atoms with Gasteiger partial charge in [-0.15, -0.1) is 0 Å². The van der Waals surface area contributed by atoms with E-state index in [4.69, 9.17) is 21.1 Å². The Labute approximate surface area is 181 Å². The van der Waals surface area contributed by atoms with Gasteiger partial charge in [-0.05, 0) is 29.8 Å². The highest BCUT2D eigenvalue weighted by Gasteiger charge is 2.29. The monoisotopic (exact) mass is 480 g/mol. The molecule has 29 heavy (non-hydrogen) atoms. The molecule has 9 heteroatoms. The fourth-order valence-corrected chi connectivity index (χ4v) is 3.59. The molecule has 0 saturated heterocycles. The number of hydrogen-bond acceptors (Lipinski definition) is 5. The van der Waals surface area contributed by atoms with E-state index in [9.17, 15) is 14.4 Å². The number of amides is 2. The summed E-state index contributed by atoms with van der Waals surface area (Å²) in [5, 5.41) is 3.20. The van der Waals surface area contributed by atoms with E-state index in [1.165, 1.54) is 12.0 Å². The van der Waals surface area contributed by atoms with Gasteiger partial charge in [0.15, 0.2) is 6.61 Å². The van der Waals surface area contributed by atoms with Crippen molar-refractivity contribution in [3.63, 3.8) is 0 Å². The van der Waals surface area contributed by atoms with Gasteiger partial charge < -0.3 is 14.8 Å². The predicted octanol–water partition coefficient (Wildman–Crippen LogP) is 3.25. The Bertz CT molecular complexity index is 952. The lowest BCUT2D eigenvalue weighted by molar-refractivity contribution is -0.141. The van der Waals surface area contributed by atoms with E-state index < -0.39 is 17.9 Å². The normalized spacial score (nSPS) is 13.9. The van der Waals surface area contributed by atoms with Crippen LogP contribution in [0.3, 0.4) is 0 Å². The highest BCUT2D eigenvalue weighted by atomic mass is 79.9. The van der Waals surface area contributed by atoms with Crippen molar-refractivity contribution >= 4 is 51.0 Å². The van der Waals surface area contributed by atoms with Crippen LogP contribution in [0.25, 0.3) is 0 Å². The second-order valence-electron chi connectivity index (χ2n) is 6.30. The van der Waals surface area contributed by atoms with Crippen LogP contribution in [0.2, 0.25) is 5.02 Å². The first-order chi connectivity index (χ1) is 13.9. The molecule has 0 spiro atoms. The van der Waals surface area contributed by atoms with Gasteiger partial charge in [-0.1, -0.05) is 45.7 Å². The maximum absolute atomic E-state index is 12.7. The Morgan fingerprint density at radius 3 is 2.79 bits per heavy atom. The van der Waals surface area contributed by atoms with Crippen LogP contribution in [0, 0.1) is 0 Å². The lowest BCUT2D eigenvalue weighted by Gasteiger charge is -2.29. The van der Waals surface area contributed by atoms with Gasteiger partial charge in [-0.3, -0.25) is 19.3 Å². The van der Waals surface area contributed by atoms with Crippen LogP contribution in [0.15, 0.2) is 46.9 Å². The highest BCUT2D eigenvalue weighted by molar-refractivity contribution is 9.10. The smallest absolute Gasteiger partial charge is 0.307 e. The van der Waals surface area contributed by atoms with Gasteiger partial charge in [0.25, 0.3) is 5.91 Å². The molecular formula is C20H18BrClN2O5. The molecule has 152 valence electrons. The molecule has 0 fully saturated rings. The minimum Gasteiger partial charge on any atom is -0.482 e. The first kappa shape index (κ1) is 21.1. The molecule has 1 aliphatic heterocycles. The van der Waals surface area contributed by atoms with Gasteiger partial charge in [0.2, 0.25) is 5.91 Å². The van der Waals surface area contributed by atoms with Crippen molar-refractivity contribution in [1.29, 1.82) is 0 Å². The average Bonchev–Trinajstić information content (AvgIpc) is 2.70. The van der Waals surface area contributed by atoms with Crippen molar-refractivity contribution < 1.29 is 23.9 Å². The Kier molecular flexibility index (Phi) is 6.76. The number of hydrogen-bond donors (Lipinski definition) is 1. The Morgan fingerprint density at radius 2 is 2.07 bits per heavy atom. The molecule has 3 rings (SSSR count). The molecule has 0 aromatic heterocycles.